The molecule has 0 fully saturated rings. The molecule has 0 radical (unpaired) electrons. The predicted molar refractivity (Wildman–Crippen MR) is 71.3 cm³/mol. The van der Waals surface area contributed by atoms with Gasteiger partial charge < -0.3 is 5.32 Å². The van der Waals surface area contributed by atoms with Crippen molar-refractivity contribution in [2.24, 2.45) is 0 Å². The molecule has 0 bridgehead atoms. The van der Waals surface area contributed by atoms with E-state index in [2.05, 4.69) is 5.32 Å². The highest BCUT2D eigenvalue weighted by molar-refractivity contribution is 7.98. The Morgan fingerprint density at radius 3 is 2.94 bits per heavy atom. The maximum absolute atomic E-state index is 13.4. The van der Waals surface area contributed by atoms with Crippen molar-refractivity contribution in [2.45, 2.75) is 19.4 Å². The molecule has 0 aliphatic carbocycles. The standard InChI is InChI=1S/C12H15ClFNOS/c1-8(5-6-17-2)15-12(16)10-7-9(13)3-4-11(10)14/h3-4,7-8H,5-6H2,1-2H3,(H,15,16). The lowest BCUT2D eigenvalue weighted by atomic mass is 10.1. The van der Waals surface area contributed by atoms with Crippen LogP contribution in [0.5, 0.6) is 0 Å². The summed E-state index contributed by atoms with van der Waals surface area (Å²) in [7, 11) is 0. The minimum absolute atomic E-state index is 0.00602. The van der Waals surface area contributed by atoms with Gasteiger partial charge in [-0.3, -0.25) is 4.79 Å². The fourth-order valence-corrected chi connectivity index (χ4v) is 2.10. The van der Waals surface area contributed by atoms with Crippen LogP contribution in [0.1, 0.15) is 23.7 Å². The molecule has 0 saturated heterocycles. The molecule has 1 aromatic rings. The van der Waals surface area contributed by atoms with Gasteiger partial charge in [-0.1, -0.05) is 11.6 Å². The molecule has 5 heteroatoms. The highest BCUT2D eigenvalue weighted by atomic mass is 35.5. The molecule has 1 unspecified atom stereocenters. The average molecular weight is 276 g/mol. The van der Waals surface area contributed by atoms with E-state index >= 15 is 0 Å². The Morgan fingerprint density at radius 1 is 1.59 bits per heavy atom. The van der Waals surface area contributed by atoms with E-state index in [0.29, 0.717) is 5.02 Å². The number of rotatable bonds is 5. The summed E-state index contributed by atoms with van der Waals surface area (Å²) in [6, 6.07) is 3.98. The van der Waals surface area contributed by atoms with Gasteiger partial charge in [-0.15, -0.1) is 0 Å². The molecule has 0 aromatic heterocycles. The third-order valence-corrected chi connectivity index (χ3v) is 3.18. The van der Waals surface area contributed by atoms with Crippen molar-refractivity contribution in [2.75, 3.05) is 12.0 Å². The normalized spacial score (nSPS) is 12.2. The number of carbonyl (C=O) groups is 1. The van der Waals surface area contributed by atoms with Gasteiger partial charge in [0.15, 0.2) is 0 Å². The number of amides is 1. The highest BCUT2D eigenvalue weighted by Gasteiger charge is 2.14. The molecule has 0 heterocycles. The molecule has 0 saturated carbocycles. The Bertz CT molecular complexity index is 400. The Morgan fingerprint density at radius 2 is 2.29 bits per heavy atom. The third-order valence-electron chi connectivity index (χ3n) is 2.31. The number of halogens is 2. The van der Waals surface area contributed by atoms with Gasteiger partial charge in [-0.25, -0.2) is 4.39 Å². The van der Waals surface area contributed by atoms with Crippen LogP contribution in [0.15, 0.2) is 18.2 Å². The SMILES string of the molecule is CSCCC(C)NC(=O)c1cc(Cl)ccc1F. The number of nitrogens with one attached hydrogen (secondary N) is 1. The molecule has 2 nitrogen and oxygen atoms in total. The largest absolute Gasteiger partial charge is 0.349 e. The number of hydrogen-bond acceptors (Lipinski definition) is 2. The molecule has 0 aliphatic rings. The van der Waals surface area contributed by atoms with E-state index in [1.165, 1.54) is 18.2 Å². The fourth-order valence-electron chi connectivity index (χ4n) is 1.34. The minimum Gasteiger partial charge on any atom is -0.349 e. The van der Waals surface area contributed by atoms with Crippen LogP contribution >= 0.6 is 23.4 Å². The van der Waals surface area contributed by atoms with Gasteiger partial charge in [-0.05, 0) is 43.6 Å². The Labute approximate surface area is 110 Å². The highest BCUT2D eigenvalue weighted by Crippen LogP contribution is 2.15. The van der Waals surface area contributed by atoms with E-state index in [1.54, 1.807) is 11.8 Å². The summed E-state index contributed by atoms with van der Waals surface area (Å²) in [6.45, 7) is 1.90. The molecule has 1 aromatic carbocycles. The van der Waals surface area contributed by atoms with Crippen LogP contribution in [0.25, 0.3) is 0 Å². The van der Waals surface area contributed by atoms with Gasteiger partial charge in [-0.2, -0.15) is 11.8 Å². The maximum Gasteiger partial charge on any atom is 0.254 e. The zero-order valence-electron chi connectivity index (χ0n) is 9.80. The number of benzene rings is 1. The number of thioether (sulfide) groups is 1. The van der Waals surface area contributed by atoms with E-state index in [0.717, 1.165) is 12.2 Å². The third kappa shape index (κ3) is 4.56. The summed E-state index contributed by atoms with van der Waals surface area (Å²) in [5.41, 5.74) is -0.00602. The Kier molecular flexibility index (Phi) is 5.78. The van der Waals surface area contributed by atoms with Crippen molar-refractivity contribution in [1.29, 1.82) is 0 Å². The summed E-state index contributed by atoms with van der Waals surface area (Å²) < 4.78 is 13.4. The van der Waals surface area contributed by atoms with Crippen molar-refractivity contribution in [3.8, 4) is 0 Å². The second-order valence-corrected chi connectivity index (χ2v) is 5.20. The lowest BCUT2D eigenvalue weighted by molar-refractivity contribution is 0.0935. The van der Waals surface area contributed by atoms with Gasteiger partial charge >= 0.3 is 0 Å². The summed E-state index contributed by atoms with van der Waals surface area (Å²) in [4.78, 5) is 11.8. The van der Waals surface area contributed by atoms with E-state index in [-0.39, 0.29) is 11.6 Å². The molecular formula is C12H15ClFNOS. The summed E-state index contributed by atoms with van der Waals surface area (Å²) in [6.07, 6.45) is 2.86. The van der Waals surface area contributed by atoms with Gasteiger partial charge in [0.05, 0.1) is 5.56 Å². The van der Waals surface area contributed by atoms with Gasteiger partial charge in [0.25, 0.3) is 5.91 Å². The molecule has 1 amide bonds. The number of hydrogen-bond donors (Lipinski definition) is 1. The smallest absolute Gasteiger partial charge is 0.254 e. The van der Waals surface area contributed by atoms with Gasteiger partial charge in [0.1, 0.15) is 5.82 Å². The second kappa shape index (κ2) is 6.87. The van der Waals surface area contributed by atoms with Crippen molar-refractivity contribution in [3.05, 3.63) is 34.6 Å². The molecular weight excluding hydrogens is 261 g/mol. The number of carbonyl (C=O) groups excluding carboxylic acids is 1. The van der Waals surface area contributed by atoms with Gasteiger partial charge in [0, 0.05) is 11.1 Å². The van der Waals surface area contributed by atoms with E-state index in [4.69, 9.17) is 11.6 Å². The minimum atomic E-state index is -0.552. The Hall–Kier alpha value is -0.740. The summed E-state index contributed by atoms with van der Waals surface area (Å²) in [5.74, 6) is -0.0120. The predicted octanol–water partition coefficient (Wildman–Crippen LogP) is 3.35. The van der Waals surface area contributed by atoms with E-state index in [9.17, 15) is 9.18 Å². The van der Waals surface area contributed by atoms with Crippen molar-refractivity contribution < 1.29 is 9.18 Å². The van der Waals surface area contributed by atoms with Crippen LogP contribution in [-0.4, -0.2) is 24.0 Å². The summed E-state index contributed by atoms with van der Waals surface area (Å²) >= 11 is 7.44. The van der Waals surface area contributed by atoms with E-state index in [1.807, 2.05) is 13.2 Å². The van der Waals surface area contributed by atoms with Gasteiger partial charge in [0.2, 0.25) is 0 Å². The van der Waals surface area contributed by atoms with Crippen LogP contribution < -0.4 is 5.32 Å². The van der Waals surface area contributed by atoms with Crippen molar-refractivity contribution in [1.82, 2.24) is 5.32 Å². The first-order valence-electron chi connectivity index (χ1n) is 5.29. The van der Waals surface area contributed by atoms with Crippen molar-refractivity contribution >= 4 is 29.3 Å². The molecule has 1 atom stereocenters. The average Bonchev–Trinajstić information content (AvgIpc) is 2.29. The van der Waals surface area contributed by atoms with Crippen molar-refractivity contribution in [3.63, 3.8) is 0 Å². The zero-order valence-corrected chi connectivity index (χ0v) is 11.4. The molecule has 0 aliphatic heterocycles. The lowest BCUT2D eigenvalue weighted by Gasteiger charge is -2.13. The van der Waals surface area contributed by atoms with Crippen LogP contribution in [0.3, 0.4) is 0 Å². The first-order chi connectivity index (χ1) is 8.04. The summed E-state index contributed by atoms with van der Waals surface area (Å²) in [5, 5.41) is 3.10. The first kappa shape index (κ1) is 14.3. The van der Waals surface area contributed by atoms with Crippen LogP contribution in [0.2, 0.25) is 5.02 Å². The quantitative estimate of drug-likeness (QED) is 0.893. The second-order valence-electron chi connectivity index (χ2n) is 3.78. The topological polar surface area (TPSA) is 29.1 Å². The Balaban J connectivity index is 2.66. The molecule has 94 valence electrons. The van der Waals surface area contributed by atoms with E-state index < -0.39 is 11.7 Å². The zero-order chi connectivity index (χ0) is 12.8. The van der Waals surface area contributed by atoms with Crippen LogP contribution in [-0.2, 0) is 0 Å². The van der Waals surface area contributed by atoms with Crippen LogP contribution in [0.4, 0.5) is 4.39 Å². The molecule has 1 N–H and O–H groups in total. The lowest BCUT2D eigenvalue weighted by Crippen LogP contribution is -2.33. The molecule has 0 spiro atoms. The molecule has 17 heavy (non-hydrogen) atoms. The fraction of sp³-hybridized carbons (Fsp3) is 0.417. The first-order valence-corrected chi connectivity index (χ1v) is 7.06. The van der Waals surface area contributed by atoms with Crippen LogP contribution in [0, 0.1) is 5.82 Å². The maximum atomic E-state index is 13.4. The molecule has 1 rings (SSSR count). The monoisotopic (exact) mass is 275 g/mol.